The second-order valence-electron chi connectivity index (χ2n) is 4.21. The van der Waals surface area contributed by atoms with E-state index in [2.05, 4.69) is 15.9 Å². The zero-order valence-corrected chi connectivity index (χ0v) is 12.7. The molecule has 0 aliphatic rings. The normalized spacial score (nSPS) is 11.6. The van der Waals surface area contributed by atoms with E-state index in [9.17, 15) is 26.3 Å². The van der Waals surface area contributed by atoms with Gasteiger partial charge in [-0.1, -0.05) is 22.0 Å². The van der Waals surface area contributed by atoms with Crippen LogP contribution in [0, 0.1) is 0 Å². The van der Waals surface area contributed by atoms with Gasteiger partial charge in [-0.15, -0.1) is 0 Å². The van der Waals surface area contributed by atoms with Gasteiger partial charge >= 0.3 is 12.4 Å². The fourth-order valence-corrected chi connectivity index (χ4v) is 1.88. The Morgan fingerprint density at radius 1 is 0.739 bits per heavy atom. The van der Waals surface area contributed by atoms with Crippen LogP contribution in [-0.2, 0) is 12.4 Å². The largest absolute Gasteiger partial charge is 0.508 e. The van der Waals surface area contributed by atoms with Gasteiger partial charge in [0.25, 0.3) is 0 Å². The van der Waals surface area contributed by atoms with Gasteiger partial charge in [-0.2, -0.15) is 26.3 Å². The van der Waals surface area contributed by atoms with Gasteiger partial charge in [0, 0.05) is 4.47 Å². The minimum absolute atomic E-state index is 0.0761. The molecule has 23 heavy (non-hydrogen) atoms. The lowest BCUT2D eigenvalue weighted by molar-refractivity contribution is -0.138. The minimum Gasteiger partial charge on any atom is -0.508 e. The quantitative estimate of drug-likeness (QED) is 0.564. The molecule has 2 nitrogen and oxygen atoms in total. The van der Waals surface area contributed by atoms with Gasteiger partial charge in [0.1, 0.15) is 11.5 Å². The molecule has 0 fully saturated rings. The van der Waals surface area contributed by atoms with Crippen LogP contribution in [0.1, 0.15) is 11.1 Å². The third-order valence-corrected chi connectivity index (χ3v) is 3.12. The first-order valence-corrected chi connectivity index (χ1v) is 6.62. The highest BCUT2D eigenvalue weighted by molar-refractivity contribution is 9.10. The molecule has 0 saturated carbocycles. The van der Waals surface area contributed by atoms with Crippen LogP contribution in [0.25, 0.3) is 0 Å². The Bertz CT molecular complexity index is 667. The van der Waals surface area contributed by atoms with Gasteiger partial charge in [-0.05, 0) is 36.4 Å². The van der Waals surface area contributed by atoms with Crippen molar-refractivity contribution >= 4 is 15.9 Å². The Morgan fingerprint density at radius 2 is 1.30 bits per heavy atom. The van der Waals surface area contributed by atoms with Crippen LogP contribution in [0.5, 0.6) is 11.5 Å². The highest BCUT2D eigenvalue weighted by atomic mass is 79.9. The topological polar surface area (TPSA) is 40.5 Å². The molecule has 2 N–H and O–H groups in total. The summed E-state index contributed by atoms with van der Waals surface area (Å²) in [6.45, 7) is 0. The van der Waals surface area contributed by atoms with Crippen LogP contribution in [0.15, 0.2) is 46.9 Å². The molecule has 0 amide bonds. The lowest BCUT2D eigenvalue weighted by Gasteiger charge is -2.08. The fourth-order valence-electron chi connectivity index (χ4n) is 1.41. The van der Waals surface area contributed by atoms with Crippen LogP contribution in [0.3, 0.4) is 0 Å². The summed E-state index contributed by atoms with van der Waals surface area (Å²) in [7, 11) is 0. The van der Waals surface area contributed by atoms with E-state index in [1.165, 1.54) is 12.1 Å². The molecule has 0 aliphatic heterocycles. The molecule has 0 unspecified atom stereocenters. The third kappa shape index (κ3) is 6.01. The summed E-state index contributed by atoms with van der Waals surface area (Å²) in [5.74, 6) is -0.773. The maximum absolute atomic E-state index is 12.1. The summed E-state index contributed by atoms with van der Waals surface area (Å²) < 4.78 is 71.8. The molecule has 0 radical (unpaired) electrons. The van der Waals surface area contributed by atoms with Crippen molar-refractivity contribution < 1.29 is 36.6 Å². The summed E-state index contributed by atoms with van der Waals surface area (Å²) in [6.07, 6.45) is -8.81. The lowest BCUT2D eigenvalue weighted by Crippen LogP contribution is -2.05. The summed E-state index contributed by atoms with van der Waals surface area (Å²) in [5, 5.41) is 17.5. The van der Waals surface area contributed by atoms with Crippen LogP contribution >= 0.6 is 15.9 Å². The molecule has 0 saturated heterocycles. The molecule has 2 aromatic rings. The number of alkyl halides is 6. The Hall–Kier alpha value is -1.90. The predicted octanol–water partition coefficient (Wildman–Crippen LogP) is 5.58. The Kier molecular flexibility index (Phi) is 5.92. The second-order valence-corrected chi connectivity index (χ2v) is 5.06. The zero-order chi connectivity index (χ0) is 17.8. The van der Waals surface area contributed by atoms with E-state index in [1.54, 1.807) is 0 Å². The molecule has 0 aromatic heterocycles. The van der Waals surface area contributed by atoms with E-state index in [4.69, 9.17) is 10.2 Å². The summed E-state index contributed by atoms with van der Waals surface area (Å²) in [6, 6.07) is 6.93. The van der Waals surface area contributed by atoms with Crippen molar-refractivity contribution in [1.82, 2.24) is 0 Å². The SMILES string of the molecule is Oc1ccc(Br)c(C(F)(F)F)c1.Oc1cccc(C(F)(F)F)c1. The smallest absolute Gasteiger partial charge is 0.417 e. The first kappa shape index (κ1) is 19.1. The molecule has 2 rings (SSSR count). The van der Waals surface area contributed by atoms with E-state index >= 15 is 0 Å². The summed E-state index contributed by atoms with van der Waals surface area (Å²) in [4.78, 5) is 0. The van der Waals surface area contributed by atoms with Crippen LogP contribution in [0.2, 0.25) is 0 Å². The molecule has 126 valence electrons. The molecular weight excluding hydrogens is 394 g/mol. The number of rotatable bonds is 0. The van der Waals surface area contributed by atoms with Crippen molar-refractivity contribution in [2.45, 2.75) is 12.4 Å². The average Bonchev–Trinajstić information content (AvgIpc) is 2.40. The Morgan fingerprint density at radius 3 is 1.70 bits per heavy atom. The van der Waals surface area contributed by atoms with Crippen LogP contribution < -0.4 is 0 Å². The molecule has 9 heteroatoms. The number of hydrogen-bond acceptors (Lipinski definition) is 2. The van der Waals surface area contributed by atoms with E-state index in [0.717, 1.165) is 18.2 Å². The van der Waals surface area contributed by atoms with Gasteiger partial charge in [-0.25, -0.2) is 0 Å². The maximum Gasteiger partial charge on any atom is 0.417 e. The Labute approximate surface area is 135 Å². The molecule has 0 bridgehead atoms. The predicted molar refractivity (Wildman–Crippen MR) is 73.9 cm³/mol. The van der Waals surface area contributed by atoms with Crippen molar-refractivity contribution in [3.8, 4) is 11.5 Å². The van der Waals surface area contributed by atoms with Gasteiger partial charge in [-0.3, -0.25) is 0 Å². The minimum atomic E-state index is -4.43. The monoisotopic (exact) mass is 402 g/mol. The number of aromatic hydroxyl groups is 2. The van der Waals surface area contributed by atoms with Crippen molar-refractivity contribution in [3.63, 3.8) is 0 Å². The first-order chi connectivity index (χ1) is 10.4. The summed E-state index contributed by atoms with van der Waals surface area (Å²) >= 11 is 2.74. The summed E-state index contributed by atoms with van der Waals surface area (Å²) in [5.41, 5.74) is -1.71. The van der Waals surface area contributed by atoms with Gasteiger partial charge in [0.2, 0.25) is 0 Å². The maximum atomic E-state index is 12.1. The van der Waals surface area contributed by atoms with E-state index in [0.29, 0.717) is 12.1 Å². The molecular formula is C14H9BrF6O2. The first-order valence-electron chi connectivity index (χ1n) is 5.83. The Balaban J connectivity index is 0.000000231. The fraction of sp³-hybridized carbons (Fsp3) is 0.143. The third-order valence-electron chi connectivity index (χ3n) is 2.43. The number of phenols is 2. The highest BCUT2D eigenvalue weighted by Crippen LogP contribution is 2.36. The lowest BCUT2D eigenvalue weighted by atomic mass is 10.2. The molecule has 0 atom stereocenters. The van der Waals surface area contributed by atoms with Crippen molar-refractivity contribution in [2.24, 2.45) is 0 Å². The number of halogens is 7. The van der Waals surface area contributed by atoms with Crippen molar-refractivity contribution in [1.29, 1.82) is 0 Å². The van der Waals surface area contributed by atoms with Crippen LogP contribution in [0.4, 0.5) is 26.3 Å². The number of benzene rings is 2. The number of hydrogen-bond donors (Lipinski definition) is 2. The molecule has 0 spiro atoms. The van der Waals surface area contributed by atoms with Gasteiger partial charge in [0.05, 0.1) is 11.1 Å². The second kappa shape index (κ2) is 7.12. The molecule has 2 aromatic carbocycles. The van der Waals surface area contributed by atoms with E-state index in [-0.39, 0.29) is 10.2 Å². The standard InChI is InChI=1S/C7H4BrF3O.C7H5F3O/c8-6-2-1-4(12)3-5(6)7(9,10)11;8-7(9,10)5-2-1-3-6(11)4-5/h1-3,12H;1-4,11H. The number of phenolic OH excluding ortho intramolecular Hbond substituents is 2. The van der Waals surface area contributed by atoms with E-state index in [1.807, 2.05) is 0 Å². The van der Waals surface area contributed by atoms with E-state index < -0.39 is 29.2 Å². The molecule has 0 aliphatic carbocycles. The van der Waals surface area contributed by atoms with Crippen molar-refractivity contribution in [3.05, 3.63) is 58.1 Å². The van der Waals surface area contributed by atoms with Crippen LogP contribution in [-0.4, -0.2) is 10.2 Å². The highest BCUT2D eigenvalue weighted by Gasteiger charge is 2.33. The zero-order valence-electron chi connectivity index (χ0n) is 11.1. The average molecular weight is 403 g/mol. The van der Waals surface area contributed by atoms with Gasteiger partial charge < -0.3 is 10.2 Å². The van der Waals surface area contributed by atoms with Gasteiger partial charge in [0.15, 0.2) is 0 Å². The molecule has 0 heterocycles. The van der Waals surface area contributed by atoms with Crippen molar-refractivity contribution in [2.75, 3.05) is 0 Å².